The highest BCUT2D eigenvalue weighted by Crippen LogP contribution is 1.95. The maximum Gasteiger partial charge on any atom is 0.257 e. The molecule has 0 aliphatic carbocycles. The van der Waals surface area contributed by atoms with Gasteiger partial charge in [0.1, 0.15) is 11.8 Å². The van der Waals surface area contributed by atoms with Crippen molar-refractivity contribution in [3.05, 3.63) is 35.2 Å². The summed E-state index contributed by atoms with van der Waals surface area (Å²) in [4.78, 5) is 10.7. The van der Waals surface area contributed by atoms with E-state index in [-0.39, 0.29) is 12.2 Å². The molecule has 0 N–H and O–H groups in total. The molecule has 0 amide bonds. The Kier molecular flexibility index (Phi) is 2.14. The van der Waals surface area contributed by atoms with E-state index in [1.165, 1.54) is 12.4 Å². The lowest BCUT2D eigenvalue weighted by molar-refractivity contribution is 1.04. The minimum atomic E-state index is 0.221. The molecular formula is C7H4N4. The van der Waals surface area contributed by atoms with Crippen LogP contribution in [0.25, 0.3) is 4.85 Å². The zero-order valence-electron chi connectivity index (χ0n) is 5.65. The average molecular weight is 144 g/mol. The maximum atomic E-state index is 8.35. The van der Waals surface area contributed by atoms with Gasteiger partial charge in [0.15, 0.2) is 5.69 Å². The molecule has 0 saturated carbocycles. The topological polar surface area (TPSA) is 53.9 Å². The van der Waals surface area contributed by atoms with Gasteiger partial charge in [-0.25, -0.2) is 16.5 Å². The summed E-state index contributed by atoms with van der Waals surface area (Å²) in [5, 5.41) is 8.35. The molecule has 1 heterocycles. The van der Waals surface area contributed by atoms with E-state index < -0.39 is 0 Å². The number of nitrogens with zero attached hydrogens (tertiary/aromatic N) is 4. The standard InChI is InChI=1S/C7H4N4/c1-9-3-7-5-10-6(2-8)4-11-7/h4-5H,3H2. The molecule has 0 atom stereocenters. The molecule has 1 aromatic heterocycles. The van der Waals surface area contributed by atoms with Crippen molar-refractivity contribution in [2.75, 3.05) is 0 Å². The predicted molar refractivity (Wildman–Crippen MR) is 37.1 cm³/mol. The summed E-state index contributed by atoms with van der Waals surface area (Å²) in [5.41, 5.74) is 0.873. The molecule has 0 fully saturated rings. The van der Waals surface area contributed by atoms with Crippen LogP contribution in [0.5, 0.6) is 0 Å². The normalized spacial score (nSPS) is 8.18. The summed E-state index contributed by atoms with van der Waals surface area (Å²) in [6.45, 7) is 6.75. The third-order valence-corrected chi connectivity index (χ3v) is 1.06. The second kappa shape index (κ2) is 3.28. The largest absolute Gasteiger partial charge is 0.310 e. The molecule has 0 aromatic carbocycles. The van der Waals surface area contributed by atoms with Gasteiger partial charge < -0.3 is 4.85 Å². The highest BCUT2D eigenvalue weighted by molar-refractivity contribution is 5.16. The molecule has 0 saturated heterocycles. The summed E-state index contributed by atoms with van der Waals surface area (Å²) < 4.78 is 0. The van der Waals surface area contributed by atoms with Gasteiger partial charge in [-0.05, 0) is 0 Å². The van der Waals surface area contributed by atoms with Gasteiger partial charge in [0.2, 0.25) is 0 Å². The Morgan fingerprint density at radius 3 is 2.82 bits per heavy atom. The zero-order valence-corrected chi connectivity index (χ0v) is 5.65. The number of nitriles is 1. The van der Waals surface area contributed by atoms with Crippen molar-refractivity contribution < 1.29 is 0 Å². The van der Waals surface area contributed by atoms with Gasteiger partial charge in [-0.1, -0.05) is 0 Å². The molecule has 52 valence electrons. The summed E-state index contributed by atoms with van der Waals surface area (Å²) >= 11 is 0. The van der Waals surface area contributed by atoms with Crippen molar-refractivity contribution in [2.45, 2.75) is 6.54 Å². The molecule has 1 rings (SSSR count). The van der Waals surface area contributed by atoms with Crippen LogP contribution in [0.4, 0.5) is 0 Å². The SMILES string of the molecule is [C-]#[N+]Cc1cnc(C#N)cn1. The van der Waals surface area contributed by atoms with E-state index in [0.717, 1.165) is 0 Å². The number of hydrogen-bond acceptors (Lipinski definition) is 3. The van der Waals surface area contributed by atoms with Crippen LogP contribution in [-0.4, -0.2) is 9.97 Å². The summed E-state index contributed by atoms with van der Waals surface area (Å²) in [6, 6.07) is 1.85. The zero-order chi connectivity index (χ0) is 8.10. The molecule has 0 unspecified atom stereocenters. The van der Waals surface area contributed by atoms with Crippen molar-refractivity contribution in [3.8, 4) is 6.07 Å². The van der Waals surface area contributed by atoms with Gasteiger partial charge in [0.25, 0.3) is 6.54 Å². The van der Waals surface area contributed by atoms with E-state index in [0.29, 0.717) is 5.69 Å². The molecule has 1 aromatic rings. The molecule has 4 nitrogen and oxygen atoms in total. The first-order valence-electron chi connectivity index (χ1n) is 2.91. The summed E-state index contributed by atoms with van der Waals surface area (Å²) in [6.07, 6.45) is 2.80. The van der Waals surface area contributed by atoms with Crippen molar-refractivity contribution in [2.24, 2.45) is 0 Å². The minimum Gasteiger partial charge on any atom is -0.310 e. The number of aromatic nitrogens is 2. The fourth-order valence-electron chi connectivity index (χ4n) is 0.575. The second-order valence-corrected chi connectivity index (χ2v) is 1.82. The van der Waals surface area contributed by atoms with Crippen molar-refractivity contribution in [3.63, 3.8) is 0 Å². The van der Waals surface area contributed by atoms with E-state index in [9.17, 15) is 0 Å². The molecule has 0 aliphatic rings. The van der Waals surface area contributed by atoms with E-state index >= 15 is 0 Å². The van der Waals surface area contributed by atoms with E-state index in [1.807, 2.05) is 6.07 Å². The van der Waals surface area contributed by atoms with Gasteiger partial charge in [-0.15, -0.1) is 0 Å². The quantitative estimate of drug-likeness (QED) is 0.547. The highest BCUT2D eigenvalue weighted by atomic mass is 14.8. The smallest absolute Gasteiger partial charge is 0.257 e. The van der Waals surface area contributed by atoms with Gasteiger partial charge in [-0.2, -0.15) is 5.26 Å². The Morgan fingerprint density at radius 1 is 1.55 bits per heavy atom. The fraction of sp³-hybridized carbons (Fsp3) is 0.143. The van der Waals surface area contributed by atoms with Crippen LogP contribution in [0.2, 0.25) is 0 Å². The van der Waals surface area contributed by atoms with E-state index in [4.69, 9.17) is 11.8 Å². The van der Waals surface area contributed by atoms with E-state index in [2.05, 4.69) is 14.8 Å². The Balaban J connectivity index is 2.87. The third-order valence-electron chi connectivity index (χ3n) is 1.06. The third kappa shape index (κ3) is 1.74. The number of hydrogen-bond donors (Lipinski definition) is 0. The Labute approximate surface area is 64.0 Å². The van der Waals surface area contributed by atoms with Crippen molar-refractivity contribution >= 4 is 0 Å². The lowest BCUT2D eigenvalue weighted by Gasteiger charge is -1.88. The van der Waals surface area contributed by atoms with Crippen LogP contribution in [-0.2, 0) is 6.54 Å². The lowest BCUT2D eigenvalue weighted by atomic mass is 10.4. The van der Waals surface area contributed by atoms with Crippen LogP contribution < -0.4 is 0 Å². The molecule has 11 heavy (non-hydrogen) atoms. The van der Waals surface area contributed by atoms with E-state index in [1.54, 1.807) is 0 Å². The lowest BCUT2D eigenvalue weighted by Crippen LogP contribution is -1.90. The fourth-order valence-corrected chi connectivity index (χ4v) is 0.575. The van der Waals surface area contributed by atoms with Crippen molar-refractivity contribution in [1.82, 2.24) is 9.97 Å². The predicted octanol–water partition coefficient (Wildman–Crippen LogP) is 0.768. The van der Waals surface area contributed by atoms with Gasteiger partial charge in [0.05, 0.1) is 12.4 Å². The molecular weight excluding hydrogens is 140 g/mol. The van der Waals surface area contributed by atoms with Crippen LogP contribution in [0.15, 0.2) is 12.4 Å². The number of rotatable bonds is 1. The molecule has 0 aliphatic heterocycles. The van der Waals surface area contributed by atoms with Crippen LogP contribution in [0.1, 0.15) is 11.4 Å². The second-order valence-electron chi connectivity index (χ2n) is 1.82. The highest BCUT2D eigenvalue weighted by Gasteiger charge is 1.96. The maximum absolute atomic E-state index is 8.35. The van der Waals surface area contributed by atoms with Crippen molar-refractivity contribution in [1.29, 1.82) is 5.26 Å². The Bertz CT molecular complexity index is 314. The molecule has 0 spiro atoms. The Morgan fingerprint density at radius 2 is 2.36 bits per heavy atom. The monoisotopic (exact) mass is 144 g/mol. The van der Waals surface area contributed by atoms with Crippen LogP contribution in [0, 0.1) is 17.9 Å². The first kappa shape index (κ1) is 7.17. The first-order chi connectivity index (χ1) is 5.36. The summed E-state index contributed by atoms with van der Waals surface area (Å²) in [5.74, 6) is 0. The first-order valence-corrected chi connectivity index (χ1v) is 2.91. The van der Waals surface area contributed by atoms with Crippen LogP contribution >= 0.6 is 0 Å². The Hall–Kier alpha value is -1.94. The van der Waals surface area contributed by atoms with Gasteiger partial charge >= 0.3 is 0 Å². The average Bonchev–Trinajstić information content (AvgIpc) is 2.07. The van der Waals surface area contributed by atoms with Crippen LogP contribution in [0.3, 0.4) is 0 Å². The molecule has 0 radical (unpaired) electrons. The minimum absolute atomic E-state index is 0.221. The molecule has 0 bridgehead atoms. The summed E-state index contributed by atoms with van der Waals surface area (Å²) in [7, 11) is 0. The van der Waals surface area contributed by atoms with Gasteiger partial charge in [0, 0.05) is 0 Å². The van der Waals surface area contributed by atoms with Gasteiger partial charge in [-0.3, -0.25) is 0 Å². The molecule has 4 heteroatoms.